The Balaban J connectivity index is 1.94. The molecule has 3 aromatic rings. The van der Waals surface area contributed by atoms with Crippen molar-refractivity contribution in [3.63, 3.8) is 0 Å². The number of H-pyrrole nitrogens is 1. The molecule has 0 saturated carbocycles. The van der Waals surface area contributed by atoms with Crippen molar-refractivity contribution in [3.05, 3.63) is 58.1 Å². The molecule has 0 aliphatic heterocycles. The van der Waals surface area contributed by atoms with Crippen LogP contribution in [0, 0.1) is 0 Å². The van der Waals surface area contributed by atoms with Gasteiger partial charge >= 0.3 is 0 Å². The molecule has 25 heavy (non-hydrogen) atoms. The summed E-state index contributed by atoms with van der Waals surface area (Å²) in [7, 11) is 1.59. The summed E-state index contributed by atoms with van der Waals surface area (Å²) in [5.41, 5.74) is 2.06. The maximum Gasteiger partial charge on any atom is 0.223 e. The first-order valence-electron chi connectivity index (χ1n) is 8.12. The third kappa shape index (κ3) is 3.42. The van der Waals surface area contributed by atoms with Crippen LogP contribution >= 0.6 is 0 Å². The number of benzene rings is 1. The molecule has 0 bridgehead atoms. The number of carbonyl (C=O) groups is 1. The fourth-order valence-corrected chi connectivity index (χ4v) is 2.76. The van der Waals surface area contributed by atoms with Crippen LogP contribution in [0.4, 0.5) is 0 Å². The van der Waals surface area contributed by atoms with Gasteiger partial charge in [0.1, 0.15) is 5.75 Å². The number of nitrogens with one attached hydrogen (secondary N) is 1. The molecule has 0 spiro atoms. The van der Waals surface area contributed by atoms with Crippen LogP contribution in [-0.4, -0.2) is 29.6 Å². The molecule has 0 radical (unpaired) electrons. The van der Waals surface area contributed by atoms with Gasteiger partial charge < -0.3 is 19.0 Å². The van der Waals surface area contributed by atoms with Gasteiger partial charge in [0.2, 0.25) is 5.43 Å². The summed E-state index contributed by atoms with van der Waals surface area (Å²) in [5, 5.41) is 0.819. The van der Waals surface area contributed by atoms with Gasteiger partial charge in [-0.1, -0.05) is 6.92 Å². The van der Waals surface area contributed by atoms with E-state index in [1.165, 1.54) is 6.07 Å². The Morgan fingerprint density at radius 1 is 1.28 bits per heavy atom. The average molecular weight is 340 g/mol. The van der Waals surface area contributed by atoms with Crippen LogP contribution in [0.1, 0.15) is 29.4 Å². The van der Waals surface area contributed by atoms with Gasteiger partial charge in [0.15, 0.2) is 12.0 Å². The summed E-state index contributed by atoms with van der Waals surface area (Å²) in [6.07, 6.45) is 5.02. The molecular weight excluding hydrogens is 320 g/mol. The highest BCUT2D eigenvalue weighted by Crippen LogP contribution is 2.25. The van der Waals surface area contributed by atoms with Crippen molar-refractivity contribution in [1.82, 2.24) is 9.55 Å². The topological polar surface area (TPSA) is 73.3 Å². The molecule has 0 fully saturated rings. The van der Waals surface area contributed by atoms with Crippen molar-refractivity contribution in [2.45, 2.75) is 19.9 Å². The number of aromatic nitrogens is 2. The van der Waals surface area contributed by atoms with Crippen molar-refractivity contribution >= 4 is 17.2 Å². The van der Waals surface area contributed by atoms with Crippen LogP contribution in [0.2, 0.25) is 0 Å². The van der Waals surface area contributed by atoms with Crippen molar-refractivity contribution in [3.8, 4) is 11.5 Å². The molecule has 0 saturated heterocycles. The van der Waals surface area contributed by atoms with Gasteiger partial charge in [-0.05, 0) is 24.6 Å². The Morgan fingerprint density at radius 3 is 2.80 bits per heavy atom. The number of nitrogens with zero attached hydrogens (tertiary/aromatic N) is 1. The number of fused-ring (bicyclic) bond motifs is 1. The number of aromatic amines is 1. The fourth-order valence-electron chi connectivity index (χ4n) is 2.76. The third-order valence-corrected chi connectivity index (χ3v) is 3.99. The van der Waals surface area contributed by atoms with E-state index < -0.39 is 0 Å². The van der Waals surface area contributed by atoms with Crippen molar-refractivity contribution in [2.24, 2.45) is 0 Å². The van der Waals surface area contributed by atoms with Crippen LogP contribution in [-0.2, 0) is 6.54 Å². The summed E-state index contributed by atoms with van der Waals surface area (Å²) in [6, 6.07) is 7.11. The number of pyridine rings is 1. The standard InChI is InChI=1S/C19H20N2O4/c1-3-6-25-19-9-20-14(7-18(19)23)11-21-10-13(12-22)16-8-15(24-2)4-5-17(16)21/h4-5,7-10,12H,3,6,11H2,1-2H3,(H,20,23). The number of hydrogen-bond donors (Lipinski definition) is 1. The molecular formula is C19H20N2O4. The first-order chi connectivity index (χ1) is 12.2. The first kappa shape index (κ1) is 16.8. The van der Waals surface area contributed by atoms with E-state index in [1.54, 1.807) is 19.5 Å². The van der Waals surface area contributed by atoms with Crippen molar-refractivity contribution in [1.29, 1.82) is 0 Å². The average Bonchev–Trinajstić information content (AvgIpc) is 2.98. The van der Waals surface area contributed by atoms with Gasteiger partial charge in [-0.25, -0.2) is 0 Å². The SMILES string of the molecule is CCCOc1c[nH]c(Cn2cc(C=O)c3cc(OC)ccc32)cc1=O. The molecule has 0 unspecified atom stereocenters. The summed E-state index contributed by atoms with van der Waals surface area (Å²) in [4.78, 5) is 26.6. The molecule has 2 heterocycles. The quantitative estimate of drug-likeness (QED) is 0.671. The summed E-state index contributed by atoms with van der Waals surface area (Å²) in [5.74, 6) is 1.01. The molecule has 0 atom stereocenters. The molecule has 2 aromatic heterocycles. The maximum absolute atomic E-state index is 12.1. The van der Waals surface area contributed by atoms with Gasteiger partial charge in [0.25, 0.3) is 0 Å². The van der Waals surface area contributed by atoms with Crippen LogP contribution < -0.4 is 14.9 Å². The highest BCUT2D eigenvalue weighted by Gasteiger charge is 2.11. The number of hydrogen-bond acceptors (Lipinski definition) is 4. The van der Waals surface area contributed by atoms with Crippen LogP contribution in [0.25, 0.3) is 10.9 Å². The highest BCUT2D eigenvalue weighted by atomic mass is 16.5. The molecule has 1 N–H and O–H groups in total. The lowest BCUT2D eigenvalue weighted by Crippen LogP contribution is -2.11. The van der Waals surface area contributed by atoms with E-state index >= 15 is 0 Å². The lowest BCUT2D eigenvalue weighted by atomic mass is 10.2. The summed E-state index contributed by atoms with van der Waals surface area (Å²) in [6.45, 7) is 2.94. The minimum atomic E-state index is -0.157. The van der Waals surface area contributed by atoms with Crippen LogP contribution in [0.5, 0.6) is 11.5 Å². The minimum Gasteiger partial charge on any atom is -0.497 e. The zero-order chi connectivity index (χ0) is 17.8. The molecule has 0 aliphatic carbocycles. The largest absolute Gasteiger partial charge is 0.497 e. The molecule has 1 aromatic carbocycles. The molecule has 6 nitrogen and oxygen atoms in total. The van der Waals surface area contributed by atoms with E-state index in [9.17, 15) is 9.59 Å². The molecule has 0 aliphatic rings. The third-order valence-electron chi connectivity index (χ3n) is 3.99. The predicted octanol–water partition coefficient (Wildman–Crippen LogP) is 2.99. The molecule has 0 amide bonds. The Labute approximate surface area is 145 Å². The van der Waals surface area contributed by atoms with E-state index in [0.29, 0.717) is 30.2 Å². The Hall–Kier alpha value is -3.02. The van der Waals surface area contributed by atoms with E-state index in [2.05, 4.69) is 4.98 Å². The van der Waals surface area contributed by atoms with Crippen molar-refractivity contribution in [2.75, 3.05) is 13.7 Å². The Kier molecular flexibility index (Phi) is 4.88. The Morgan fingerprint density at radius 2 is 2.12 bits per heavy atom. The van der Waals surface area contributed by atoms with Crippen LogP contribution in [0.15, 0.2) is 41.5 Å². The minimum absolute atomic E-state index is 0.157. The van der Waals surface area contributed by atoms with Gasteiger partial charge in [0, 0.05) is 40.6 Å². The summed E-state index contributed by atoms with van der Waals surface area (Å²) < 4.78 is 12.5. The smallest absolute Gasteiger partial charge is 0.223 e. The molecule has 130 valence electrons. The monoisotopic (exact) mass is 340 g/mol. The lowest BCUT2D eigenvalue weighted by Gasteiger charge is -2.08. The number of ether oxygens (including phenoxy) is 2. The number of aldehydes is 1. The second-order valence-electron chi connectivity index (χ2n) is 5.75. The number of methoxy groups -OCH3 is 1. The lowest BCUT2D eigenvalue weighted by molar-refractivity contribution is 0.112. The van der Waals surface area contributed by atoms with Gasteiger partial charge in [-0.2, -0.15) is 0 Å². The van der Waals surface area contributed by atoms with E-state index in [0.717, 1.165) is 29.3 Å². The zero-order valence-electron chi connectivity index (χ0n) is 14.2. The molecule has 6 heteroatoms. The summed E-state index contributed by atoms with van der Waals surface area (Å²) >= 11 is 0. The second-order valence-corrected chi connectivity index (χ2v) is 5.75. The van der Waals surface area contributed by atoms with Gasteiger partial charge in [-0.3, -0.25) is 9.59 Å². The van der Waals surface area contributed by atoms with E-state index in [4.69, 9.17) is 9.47 Å². The van der Waals surface area contributed by atoms with E-state index in [-0.39, 0.29) is 5.43 Å². The van der Waals surface area contributed by atoms with E-state index in [1.807, 2.05) is 29.7 Å². The van der Waals surface area contributed by atoms with Gasteiger partial charge in [0.05, 0.1) is 20.3 Å². The number of rotatable bonds is 7. The maximum atomic E-state index is 12.1. The highest BCUT2D eigenvalue weighted by molar-refractivity contribution is 5.98. The first-order valence-corrected chi connectivity index (χ1v) is 8.12. The van der Waals surface area contributed by atoms with Crippen LogP contribution in [0.3, 0.4) is 0 Å². The second kappa shape index (κ2) is 7.25. The molecule has 3 rings (SSSR count). The predicted molar refractivity (Wildman–Crippen MR) is 95.8 cm³/mol. The zero-order valence-corrected chi connectivity index (χ0v) is 14.2. The number of carbonyl (C=O) groups excluding carboxylic acids is 1. The van der Waals surface area contributed by atoms with Crippen molar-refractivity contribution < 1.29 is 14.3 Å². The fraction of sp³-hybridized carbons (Fsp3) is 0.263. The Bertz CT molecular complexity index is 956. The normalized spacial score (nSPS) is 10.8. The van der Waals surface area contributed by atoms with Gasteiger partial charge in [-0.15, -0.1) is 0 Å².